The minimum absolute atomic E-state index is 0.452. The molecule has 2 aromatic rings. The van der Waals surface area contributed by atoms with Crippen LogP contribution >= 0.6 is 15.9 Å². The van der Waals surface area contributed by atoms with E-state index in [1.165, 1.54) is 5.56 Å². The fraction of sp³-hybridized carbons (Fsp3) is 0.286. The van der Waals surface area contributed by atoms with E-state index in [1.54, 1.807) is 13.2 Å². The Balaban J connectivity index is 2.36. The molecule has 0 spiro atoms. The van der Waals surface area contributed by atoms with Gasteiger partial charge in [-0.2, -0.15) is 4.98 Å². The lowest BCUT2D eigenvalue weighted by Crippen LogP contribution is -2.03. The van der Waals surface area contributed by atoms with Crippen LogP contribution in [0.3, 0.4) is 0 Å². The normalized spacial score (nSPS) is 10.6. The highest BCUT2D eigenvalue weighted by molar-refractivity contribution is 9.10. The number of aromatic nitrogens is 2. The highest BCUT2D eigenvalue weighted by Crippen LogP contribution is 2.29. The third-order valence-electron chi connectivity index (χ3n) is 2.80. The molecule has 4 nitrogen and oxygen atoms in total. The number of rotatable bonds is 4. The molecule has 2 rings (SSSR count). The van der Waals surface area contributed by atoms with Crippen molar-refractivity contribution in [3.8, 4) is 0 Å². The van der Waals surface area contributed by atoms with Gasteiger partial charge in [0.05, 0.1) is 4.47 Å². The first kappa shape index (κ1) is 13.8. The lowest BCUT2D eigenvalue weighted by Gasteiger charge is -2.15. The number of hydrogen-bond donors (Lipinski definition) is 2. The Kier molecular flexibility index (Phi) is 4.37. The first-order chi connectivity index (χ1) is 9.11. The van der Waals surface area contributed by atoms with Crippen LogP contribution in [0.1, 0.15) is 25.3 Å². The molecule has 0 aliphatic heterocycles. The van der Waals surface area contributed by atoms with E-state index in [1.807, 2.05) is 6.07 Å². The van der Waals surface area contributed by atoms with Crippen LogP contribution in [0.25, 0.3) is 0 Å². The largest absolute Gasteiger partial charge is 0.357 e. The molecule has 5 heteroatoms. The van der Waals surface area contributed by atoms with Gasteiger partial charge in [-0.1, -0.05) is 32.0 Å². The molecule has 0 unspecified atom stereocenters. The third kappa shape index (κ3) is 3.23. The second kappa shape index (κ2) is 6.02. The van der Waals surface area contributed by atoms with Gasteiger partial charge in [-0.25, -0.2) is 4.98 Å². The van der Waals surface area contributed by atoms with Crippen LogP contribution in [0.5, 0.6) is 0 Å². The number of hydrogen-bond acceptors (Lipinski definition) is 4. The lowest BCUT2D eigenvalue weighted by molar-refractivity contribution is 0.869. The molecule has 1 heterocycles. The second-order valence-corrected chi connectivity index (χ2v) is 5.36. The van der Waals surface area contributed by atoms with Crippen LogP contribution < -0.4 is 10.6 Å². The van der Waals surface area contributed by atoms with Gasteiger partial charge in [0.15, 0.2) is 0 Å². The van der Waals surface area contributed by atoms with Crippen molar-refractivity contribution in [1.82, 2.24) is 9.97 Å². The second-order valence-electron chi connectivity index (χ2n) is 4.51. The van der Waals surface area contributed by atoms with Gasteiger partial charge < -0.3 is 10.6 Å². The van der Waals surface area contributed by atoms with Crippen molar-refractivity contribution in [3.05, 3.63) is 40.5 Å². The first-order valence-electron chi connectivity index (χ1n) is 6.18. The average molecular weight is 321 g/mol. The van der Waals surface area contributed by atoms with Crippen LogP contribution in [0, 0.1) is 0 Å². The number of anilines is 3. The van der Waals surface area contributed by atoms with Gasteiger partial charge in [-0.05, 0) is 33.5 Å². The highest BCUT2D eigenvalue weighted by atomic mass is 79.9. The lowest BCUT2D eigenvalue weighted by atomic mass is 10.0. The molecule has 0 bridgehead atoms. The summed E-state index contributed by atoms with van der Waals surface area (Å²) in [6, 6.07) is 8.25. The molecular formula is C14H17BrN4. The summed E-state index contributed by atoms with van der Waals surface area (Å²) in [4.78, 5) is 8.55. The van der Waals surface area contributed by atoms with E-state index in [2.05, 4.69) is 68.6 Å². The molecule has 100 valence electrons. The van der Waals surface area contributed by atoms with E-state index < -0.39 is 0 Å². The number of nitrogens with zero attached hydrogens (tertiary/aromatic N) is 2. The van der Waals surface area contributed by atoms with E-state index in [-0.39, 0.29) is 0 Å². The van der Waals surface area contributed by atoms with Crippen LogP contribution in [0.2, 0.25) is 0 Å². The van der Waals surface area contributed by atoms with Crippen molar-refractivity contribution in [1.29, 1.82) is 0 Å². The summed E-state index contributed by atoms with van der Waals surface area (Å²) in [6.07, 6.45) is 1.74. The highest BCUT2D eigenvalue weighted by Gasteiger charge is 2.09. The molecule has 0 atom stereocenters. The molecular weight excluding hydrogens is 304 g/mol. The molecule has 19 heavy (non-hydrogen) atoms. The molecule has 2 N–H and O–H groups in total. The van der Waals surface area contributed by atoms with Gasteiger partial charge in [-0.3, -0.25) is 0 Å². The van der Waals surface area contributed by atoms with E-state index in [0.717, 1.165) is 16.0 Å². The van der Waals surface area contributed by atoms with Gasteiger partial charge in [0.1, 0.15) is 5.82 Å². The SMILES string of the molecule is CNc1ncc(Br)c(Nc2ccccc2C(C)C)n1. The number of benzene rings is 1. The van der Waals surface area contributed by atoms with Gasteiger partial charge >= 0.3 is 0 Å². The zero-order valence-corrected chi connectivity index (χ0v) is 12.8. The van der Waals surface area contributed by atoms with Crippen molar-refractivity contribution in [2.24, 2.45) is 0 Å². The minimum atomic E-state index is 0.452. The average Bonchev–Trinajstić information content (AvgIpc) is 2.41. The van der Waals surface area contributed by atoms with Gasteiger partial charge in [0.2, 0.25) is 5.95 Å². The fourth-order valence-corrected chi connectivity index (χ4v) is 2.11. The van der Waals surface area contributed by atoms with Crippen LogP contribution in [-0.4, -0.2) is 17.0 Å². The van der Waals surface area contributed by atoms with Crippen LogP contribution in [0.15, 0.2) is 34.9 Å². The monoisotopic (exact) mass is 320 g/mol. The van der Waals surface area contributed by atoms with Gasteiger partial charge in [-0.15, -0.1) is 0 Å². The molecule has 1 aromatic carbocycles. The topological polar surface area (TPSA) is 49.8 Å². The Morgan fingerprint density at radius 2 is 1.95 bits per heavy atom. The van der Waals surface area contributed by atoms with Crippen molar-refractivity contribution in [3.63, 3.8) is 0 Å². The summed E-state index contributed by atoms with van der Waals surface area (Å²) >= 11 is 3.46. The van der Waals surface area contributed by atoms with Crippen LogP contribution in [0.4, 0.5) is 17.5 Å². The van der Waals surface area contributed by atoms with E-state index in [4.69, 9.17) is 0 Å². The zero-order valence-electron chi connectivity index (χ0n) is 11.2. The Morgan fingerprint density at radius 1 is 1.21 bits per heavy atom. The van der Waals surface area contributed by atoms with E-state index in [9.17, 15) is 0 Å². The van der Waals surface area contributed by atoms with Gasteiger partial charge in [0, 0.05) is 18.9 Å². The fourth-order valence-electron chi connectivity index (χ4n) is 1.82. The maximum atomic E-state index is 4.41. The molecule has 0 aliphatic carbocycles. The number of halogens is 1. The number of para-hydroxylation sites is 1. The smallest absolute Gasteiger partial charge is 0.224 e. The predicted molar refractivity (Wildman–Crippen MR) is 83.1 cm³/mol. The summed E-state index contributed by atoms with van der Waals surface area (Å²) in [5.41, 5.74) is 2.33. The van der Waals surface area contributed by atoms with Crippen molar-refractivity contribution in [2.75, 3.05) is 17.7 Å². The summed E-state index contributed by atoms with van der Waals surface area (Å²) in [6.45, 7) is 4.35. The summed E-state index contributed by atoms with van der Waals surface area (Å²) < 4.78 is 0.838. The quantitative estimate of drug-likeness (QED) is 0.888. The Labute approximate surface area is 121 Å². The molecule has 0 amide bonds. The predicted octanol–water partition coefficient (Wildman–Crippen LogP) is 4.15. The summed E-state index contributed by atoms with van der Waals surface area (Å²) in [5.74, 6) is 1.80. The van der Waals surface area contributed by atoms with Gasteiger partial charge in [0.25, 0.3) is 0 Å². The molecule has 0 fully saturated rings. The Morgan fingerprint density at radius 3 is 2.63 bits per heavy atom. The van der Waals surface area contributed by atoms with E-state index in [0.29, 0.717) is 11.9 Å². The first-order valence-corrected chi connectivity index (χ1v) is 6.97. The molecule has 1 aromatic heterocycles. The Hall–Kier alpha value is -1.62. The van der Waals surface area contributed by atoms with Crippen molar-refractivity contribution in [2.45, 2.75) is 19.8 Å². The Bertz CT molecular complexity index is 569. The summed E-state index contributed by atoms with van der Waals surface area (Å²) in [7, 11) is 1.80. The molecule has 0 radical (unpaired) electrons. The maximum absolute atomic E-state index is 4.41. The van der Waals surface area contributed by atoms with Crippen LogP contribution in [-0.2, 0) is 0 Å². The minimum Gasteiger partial charge on any atom is -0.357 e. The maximum Gasteiger partial charge on any atom is 0.224 e. The number of nitrogens with one attached hydrogen (secondary N) is 2. The summed E-state index contributed by atoms with van der Waals surface area (Å²) in [5, 5.41) is 6.29. The third-order valence-corrected chi connectivity index (χ3v) is 3.38. The molecule has 0 aliphatic rings. The van der Waals surface area contributed by atoms with Crippen molar-refractivity contribution < 1.29 is 0 Å². The molecule has 0 saturated carbocycles. The standard InChI is InChI=1S/C14H17BrN4/c1-9(2)10-6-4-5-7-12(10)18-13-11(15)8-17-14(16-3)19-13/h4-9H,1-3H3,(H2,16,17,18,19). The zero-order chi connectivity index (χ0) is 13.8. The van der Waals surface area contributed by atoms with Crippen molar-refractivity contribution >= 4 is 33.4 Å². The van der Waals surface area contributed by atoms with E-state index >= 15 is 0 Å². The molecule has 0 saturated heterocycles.